The molecule has 5 heteroatoms. The second-order valence-electron chi connectivity index (χ2n) is 3.39. The van der Waals surface area contributed by atoms with Gasteiger partial charge in [0.1, 0.15) is 5.82 Å². The summed E-state index contributed by atoms with van der Waals surface area (Å²) in [6.07, 6.45) is 3.43. The van der Waals surface area contributed by atoms with Crippen LogP contribution < -0.4 is 0 Å². The van der Waals surface area contributed by atoms with Gasteiger partial charge in [0, 0.05) is 18.3 Å². The van der Waals surface area contributed by atoms with Gasteiger partial charge in [-0.2, -0.15) is 0 Å². The van der Waals surface area contributed by atoms with Gasteiger partial charge in [-0.05, 0) is 19.4 Å². The molecule has 0 aliphatic carbocycles. The van der Waals surface area contributed by atoms with Gasteiger partial charge in [-0.1, -0.05) is 6.92 Å². The highest BCUT2D eigenvalue weighted by atomic mass is 32.2. The van der Waals surface area contributed by atoms with Gasteiger partial charge in [0.15, 0.2) is 11.1 Å². The van der Waals surface area contributed by atoms with Gasteiger partial charge in [0.25, 0.3) is 0 Å². The zero-order valence-electron chi connectivity index (χ0n) is 8.47. The van der Waals surface area contributed by atoms with Crippen LogP contribution in [-0.4, -0.2) is 24.0 Å². The molecule has 1 heterocycles. The van der Waals surface area contributed by atoms with Crippen molar-refractivity contribution in [1.29, 1.82) is 0 Å². The molecular formula is C9H14N2O2S. The smallest absolute Gasteiger partial charge is 0.156 e. The van der Waals surface area contributed by atoms with Crippen molar-refractivity contribution in [2.24, 2.45) is 0 Å². The van der Waals surface area contributed by atoms with Crippen LogP contribution in [-0.2, 0) is 11.1 Å². The molecule has 0 fully saturated rings. The zero-order chi connectivity index (χ0) is 10.7. The third-order valence-corrected chi connectivity index (χ3v) is 3.27. The summed E-state index contributed by atoms with van der Waals surface area (Å²) >= 11 is -1.83. The van der Waals surface area contributed by atoms with Crippen LogP contribution in [0.3, 0.4) is 0 Å². The van der Waals surface area contributed by atoms with E-state index in [0.29, 0.717) is 5.82 Å². The summed E-state index contributed by atoms with van der Waals surface area (Å²) in [4.78, 5) is 8.25. The van der Waals surface area contributed by atoms with Gasteiger partial charge in [0.2, 0.25) is 0 Å². The second-order valence-corrected chi connectivity index (χ2v) is 4.68. The van der Waals surface area contributed by atoms with E-state index in [0.717, 1.165) is 5.56 Å². The summed E-state index contributed by atoms with van der Waals surface area (Å²) in [5.74, 6) is 0.506. The van der Waals surface area contributed by atoms with Gasteiger partial charge >= 0.3 is 0 Å². The largest absolute Gasteiger partial charge is 0.306 e. The molecule has 3 atom stereocenters. The number of nitrogens with zero attached hydrogens (tertiary/aromatic N) is 2. The Bertz CT molecular complexity index is 326. The normalized spacial score (nSPS) is 17.4. The third-order valence-electron chi connectivity index (χ3n) is 2.23. The molecule has 1 aromatic heterocycles. The van der Waals surface area contributed by atoms with Crippen LogP contribution in [0.4, 0.5) is 0 Å². The number of aryl methyl sites for hydroxylation is 1. The topological polar surface area (TPSA) is 63.1 Å². The molecule has 1 N–H and O–H groups in total. The number of hydrogen-bond donors (Lipinski definition) is 1. The molecule has 0 spiro atoms. The summed E-state index contributed by atoms with van der Waals surface area (Å²) < 4.78 is 19.8. The fourth-order valence-electron chi connectivity index (χ4n) is 1.02. The summed E-state index contributed by atoms with van der Waals surface area (Å²) in [6.45, 7) is 5.47. The standard InChI is InChI=1S/C9H14N2O2S/c1-6-4-10-9(11-5-6)7(2)8(3)14(12)13/h4-5,7-8H,1-3H3,(H,12,13)/t7-,8-/m0/s1. The monoisotopic (exact) mass is 214 g/mol. The highest BCUT2D eigenvalue weighted by molar-refractivity contribution is 7.79. The van der Waals surface area contributed by atoms with E-state index in [9.17, 15) is 4.21 Å². The van der Waals surface area contributed by atoms with Gasteiger partial charge in [-0.15, -0.1) is 0 Å². The minimum atomic E-state index is -1.83. The SMILES string of the molecule is Cc1cnc([C@@H](C)[C@H](C)S(=O)O)nc1. The Labute approximate surface area is 86.1 Å². The Morgan fingerprint density at radius 2 is 1.86 bits per heavy atom. The van der Waals surface area contributed by atoms with E-state index >= 15 is 0 Å². The van der Waals surface area contributed by atoms with Crippen LogP contribution in [0.1, 0.15) is 31.2 Å². The Morgan fingerprint density at radius 1 is 1.36 bits per heavy atom. The second kappa shape index (κ2) is 4.61. The molecule has 14 heavy (non-hydrogen) atoms. The predicted molar refractivity (Wildman–Crippen MR) is 55.4 cm³/mol. The van der Waals surface area contributed by atoms with Gasteiger partial charge in [0.05, 0.1) is 5.25 Å². The zero-order valence-corrected chi connectivity index (χ0v) is 9.28. The molecule has 1 aromatic rings. The molecule has 0 saturated heterocycles. The van der Waals surface area contributed by atoms with Crippen LogP contribution >= 0.6 is 0 Å². The molecule has 0 radical (unpaired) electrons. The van der Waals surface area contributed by atoms with Crippen molar-refractivity contribution in [3.63, 3.8) is 0 Å². The van der Waals surface area contributed by atoms with E-state index in [-0.39, 0.29) is 11.2 Å². The fourth-order valence-corrected chi connectivity index (χ4v) is 1.49. The molecule has 0 amide bonds. The lowest BCUT2D eigenvalue weighted by atomic mass is 10.1. The lowest BCUT2D eigenvalue weighted by Gasteiger charge is -2.14. The van der Waals surface area contributed by atoms with Crippen molar-refractivity contribution >= 4 is 11.1 Å². The van der Waals surface area contributed by atoms with Crippen molar-refractivity contribution in [2.75, 3.05) is 0 Å². The first kappa shape index (κ1) is 11.3. The van der Waals surface area contributed by atoms with Crippen molar-refractivity contribution in [3.05, 3.63) is 23.8 Å². The van der Waals surface area contributed by atoms with E-state index in [1.165, 1.54) is 0 Å². The van der Waals surface area contributed by atoms with Crippen LogP contribution in [0.5, 0.6) is 0 Å². The molecule has 0 aliphatic rings. The van der Waals surface area contributed by atoms with Crippen LogP contribution in [0.2, 0.25) is 0 Å². The molecule has 4 nitrogen and oxygen atoms in total. The average molecular weight is 214 g/mol. The summed E-state index contributed by atoms with van der Waals surface area (Å²) in [6, 6.07) is 0. The van der Waals surface area contributed by atoms with E-state index in [1.54, 1.807) is 19.3 Å². The number of aromatic nitrogens is 2. The van der Waals surface area contributed by atoms with E-state index in [2.05, 4.69) is 9.97 Å². The Hall–Kier alpha value is -0.810. The maximum atomic E-state index is 10.8. The molecule has 0 aliphatic heterocycles. The molecule has 1 rings (SSSR count). The quantitative estimate of drug-likeness (QED) is 0.774. The van der Waals surface area contributed by atoms with Crippen LogP contribution in [0, 0.1) is 6.92 Å². The first-order valence-electron chi connectivity index (χ1n) is 4.40. The van der Waals surface area contributed by atoms with E-state index in [4.69, 9.17) is 4.55 Å². The van der Waals surface area contributed by atoms with E-state index in [1.807, 2.05) is 13.8 Å². The van der Waals surface area contributed by atoms with E-state index < -0.39 is 11.1 Å². The van der Waals surface area contributed by atoms with Gasteiger partial charge in [-0.25, -0.2) is 14.2 Å². The van der Waals surface area contributed by atoms with Crippen LogP contribution in [0.25, 0.3) is 0 Å². The summed E-state index contributed by atoms with van der Waals surface area (Å²) in [5.41, 5.74) is 0.985. The third kappa shape index (κ3) is 2.59. The van der Waals surface area contributed by atoms with Crippen molar-refractivity contribution < 1.29 is 8.76 Å². The molecule has 78 valence electrons. The number of hydrogen-bond acceptors (Lipinski definition) is 3. The molecule has 0 bridgehead atoms. The van der Waals surface area contributed by atoms with Gasteiger partial charge in [-0.3, -0.25) is 0 Å². The Morgan fingerprint density at radius 3 is 2.29 bits per heavy atom. The first-order valence-corrected chi connectivity index (χ1v) is 5.57. The fraction of sp³-hybridized carbons (Fsp3) is 0.556. The first-order chi connectivity index (χ1) is 6.52. The van der Waals surface area contributed by atoms with Crippen molar-refractivity contribution in [1.82, 2.24) is 9.97 Å². The number of rotatable bonds is 3. The maximum absolute atomic E-state index is 10.8. The van der Waals surface area contributed by atoms with Crippen LogP contribution in [0.15, 0.2) is 12.4 Å². The highest BCUT2D eigenvalue weighted by Gasteiger charge is 2.21. The van der Waals surface area contributed by atoms with Crippen molar-refractivity contribution in [2.45, 2.75) is 31.9 Å². The summed E-state index contributed by atoms with van der Waals surface area (Å²) in [7, 11) is 0. The lowest BCUT2D eigenvalue weighted by molar-refractivity contribution is 0.533. The average Bonchev–Trinajstić information content (AvgIpc) is 2.16. The summed E-state index contributed by atoms with van der Waals surface area (Å²) in [5, 5.41) is -0.349. The molecule has 0 saturated carbocycles. The van der Waals surface area contributed by atoms with Gasteiger partial charge < -0.3 is 4.55 Å². The molecule has 0 aromatic carbocycles. The lowest BCUT2D eigenvalue weighted by Crippen LogP contribution is -2.19. The highest BCUT2D eigenvalue weighted by Crippen LogP contribution is 2.18. The minimum Gasteiger partial charge on any atom is -0.306 e. The Balaban J connectivity index is 2.84. The maximum Gasteiger partial charge on any atom is 0.156 e. The Kier molecular flexibility index (Phi) is 3.71. The molecular weight excluding hydrogens is 200 g/mol. The molecule has 1 unspecified atom stereocenters. The predicted octanol–water partition coefficient (Wildman–Crippen LogP) is 1.50. The van der Waals surface area contributed by atoms with Crippen molar-refractivity contribution in [3.8, 4) is 0 Å². The minimum absolute atomic E-state index is 0.110.